The molecule has 0 aromatic rings. The number of hydroxylamine groups is 2. The van der Waals surface area contributed by atoms with Crippen LogP contribution in [0.25, 0.3) is 0 Å². The molecule has 1 aliphatic rings. The molecule has 7 nitrogen and oxygen atoms in total. The quantitative estimate of drug-likeness (QED) is 0.568. The van der Waals surface area contributed by atoms with Crippen molar-refractivity contribution in [1.82, 2.24) is 10.4 Å². The first-order chi connectivity index (χ1) is 9.71. The largest absolute Gasteiger partial charge is 0.471 e. The number of hydrogen-bond acceptors (Lipinski definition) is 5. The number of imide groups is 1. The summed E-state index contributed by atoms with van der Waals surface area (Å²) in [6.07, 6.45) is -4.88. The fraction of sp³-hybridized carbons (Fsp3) is 0.636. The number of amides is 3. The Kier molecular flexibility index (Phi) is 5.68. The standard InChI is InChI=1S/C11H13F3N2O5/c12-11(13,14)10(20)15-6-2-1-3-9(19)21-16-7(17)4-5-8(16)18/h1-6H2,(H,15,20). The van der Waals surface area contributed by atoms with Crippen LogP contribution in [0.15, 0.2) is 0 Å². The van der Waals surface area contributed by atoms with E-state index in [1.165, 1.54) is 0 Å². The van der Waals surface area contributed by atoms with E-state index in [4.69, 9.17) is 0 Å². The van der Waals surface area contributed by atoms with Crippen molar-refractivity contribution in [2.75, 3.05) is 6.54 Å². The molecule has 1 rings (SSSR count). The molecule has 0 aromatic carbocycles. The summed E-state index contributed by atoms with van der Waals surface area (Å²) in [6, 6.07) is 0. The predicted molar refractivity (Wildman–Crippen MR) is 60.1 cm³/mol. The third kappa shape index (κ3) is 5.40. The van der Waals surface area contributed by atoms with Gasteiger partial charge in [-0.3, -0.25) is 14.4 Å². The molecule has 0 spiro atoms. The van der Waals surface area contributed by atoms with E-state index in [0.29, 0.717) is 5.06 Å². The molecule has 3 amide bonds. The van der Waals surface area contributed by atoms with Gasteiger partial charge in [-0.15, -0.1) is 5.06 Å². The first kappa shape index (κ1) is 16.9. The number of hydrogen-bond donors (Lipinski definition) is 1. The highest BCUT2D eigenvalue weighted by Crippen LogP contribution is 2.14. The van der Waals surface area contributed by atoms with Crippen molar-refractivity contribution in [2.45, 2.75) is 38.3 Å². The molecule has 10 heteroatoms. The van der Waals surface area contributed by atoms with Crippen LogP contribution in [0.2, 0.25) is 0 Å². The van der Waals surface area contributed by atoms with Crippen LogP contribution in [0.1, 0.15) is 32.1 Å². The van der Waals surface area contributed by atoms with Gasteiger partial charge in [-0.05, 0) is 12.8 Å². The highest BCUT2D eigenvalue weighted by molar-refractivity contribution is 6.01. The number of carbonyl (C=O) groups is 4. The second-order valence-corrected chi connectivity index (χ2v) is 4.26. The summed E-state index contributed by atoms with van der Waals surface area (Å²) < 4.78 is 35.5. The number of nitrogens with one attached hydrogen (secondary N) is 1. The van der Waals surface area contributed by atoms with Gasteiger partial charge in [0.2, 0.25) is 0 Å². The van der Waals surface area contributed by atoms with Crippen molar-refractivity contribution in [2.24, 2.45) is 0 Å². The molecule has 21 heavy (non-hydrogen) atoms. The lowest BCUT2D eigenvalue weighted by molar-refractivity contribution is -0.197. The molecule has 0 aromatic heterocycles. The summed E-state index contributed by atoms with van der Waals surface area (Å²) in [6.45, 7) is -0.243. The van der Waals surface area contributed by atoms with Crippen LogP contribution in [0.5, 0.6) is 0 Å². The molecular formula is C11H13F3N2O5. The lowest BCUT2D eigenvalue weighted by atomic mass is 10.2. The summed E-state index contributed by atoms with van der Waals surface area (Å²) in [4.78, 5) is 48.6. The molecule has 0 atom stereocenters. The monoisotopic (exact) mass is 310 g/mol. The van der Waals surface area contributed by atoms with Crippen LogP contribution in [0.4, 0.5) is 13.2 Å². The van der Waals surface area contributed by atoms with Gasteiger partial charge in [0.05, 0.1) is 0 Å². The Balaban J connectivity index is 2.16. The second kappa shape index (κ2) is 7.04. The average Bonchev–Trinajstić information content (AvgIpc) is 2.68. The first-order valence-electron chi connectivity index (χ1n) is 6.13. The van der Waals surface area contributed by atoms with Gasteiger partial charge in [-0.2, -0.15) is 13.2 Å². The van der Waals surface area contributed by atoms with Gasteiger partial charge in [-0.1, -0.05) is 0 Å². The molecule has 1 saturated heterocycles. The zero-order valence-electron chi connectivity index (χ0n) is 10.9. The molecule has 118 valence electrons. The summed E-state index contributed by atoms with van der Waals surface area (Å²) >= 11 is 0. The number of halogens is 3. The van der Waals surface area contributed by atoms with Gasteiger partial charge in [0, 0.05) is 25.8 Å². The van der Waals surface area contributed by atoms with Crippen LogP contribution in [-0.4, -0.2) is 41.5 Å². The minimum absolute atomic E-state index is 0.0183. The number of carbonyl (C=O) groups excluding carboxylic acids is 4. The summed E-state index contributed by atoms with van der Waals surface area (Å²) in [5.74, 6) is -4.09. The summed E-state index contributed by atoms with van der Waals surface area (Å²) in [5, 5.41) is 2.05. The van der Waals surface area contributed by atoms with Crippen LogP contribution >= 0.6 is 0 Å². The fourth-order valence-corrected chi connectivity index (χ4v) is 1.50. The van der Waals surface area contributed by atoms with Crippen molar-refractivity contribution < 1.29 is 37.2 Å². The van der Waals surface area contributed by atoms with Crippen LogP contribution in [-0.2, 0) is 24.0 Å². The second-order valence-electron chi connectivity index (χ2n) is 4.26. The zero-order chi connectivity index (χ0) is 16.0. The average molecular weight is 310 g/mol. The Hall–Kier alpha value is -2.13. The minimum Gasteiger partial charge on any atom is -0.348 e. The van der Waals surface area contributed by atoms with Gasteiger partial charge in [0.15, 0.2) is 0 Å². The zero-order valence-corrected chi connectivity index (χ0v) is 10.9. The molecular weight excluding hydrogens is 297 g/mol. The van der Waals surface area contributed by atoms with Crippen LogP contribution in [0, 0.1) is 0 Å². The van der Waals surface area contributed by atoms with Crippen molar-refractivity contribution in [3.63, 3.8) is 0 Å². The third-order valence-electron chi connectivity index (χ3n) is 2.55. The van der Waals surface area contributed by atoms with Crippen LogP contribution < -0.4 is 5.32 Å². The minimum atomic E-state index is -4.94. The molecule has 0 aliphatic carbocycles. The number of nitrogens with zero attached hydrogens (tertiary/aromatic N) is 1. The Morgan fingerprint density at radius 3 is 2.24 bits per heavy atom. The maximum absolute atomic E-state index is 11.8. The maximum atomic E-state index is 11.8. The number of alkyl halides is 3. The van der Waals surface area contributed by atoms with E-state index in [2.05, 4.69) is 4.84 Å². The highest BCUT2D eigenvalue weighted by Gasteiger charge is 2.38. The summed E-state index contributed by atoms with van der Waals surface area (Å²) in [7, 11) is 0. The Labute approximate surface area is 117 Å². The van der Waals surface area contributed by atoms with Crippen LogP contribution in [0.3, 0.4) is 0 Å². The van der Waals surface area contributed by atoms with E-state index in [-0.39, 0.29) is 38.6 Å². The number of rotatable bonds is 6. The topological polar surface area (TPSA) is 92.8 Å². The van der Waals surface area contributed by atoms with Crippen molar-refractivity contribution in [3.8, 4) is 0 Å². The molecule has 0 bridgehead atoms. The van der Waals surface area contributed by atoms with Crippen molar-refractivity contribution in [3.05, 3.63) is 0 Å². The smallest absolute Gasteiger partial charge is 0.348 e. The van der Waals surface area contributed by atoms with E-state index >= 15 is 0 Å². The lowest BCUT2D eigenvalue weighted by Crippen LogP contribution is -2.37. The lowest BCUT2D eigenvalue weighted by Gasteiger charge is -2.12. The third-order valence-corrected chi connectivity index (χ3v) is 2.55. The van der Waals surface area contributed by atoms with E-state index in [9.17, 15) is 32.3 Å². The summed E-state index contributed by atoms with van der Waals surface area (Å²) in [5.41, 5.74) is 0. The highest BCUT2D eigenvalue weighted by atomic mass is 19.4. The molecule has 1 N–H and O–H groups in total. The molecule has 0 unspecified atom stereocenters. The van der Waals surface area contributed by atoms with Gasteiger partial charge in [0.25, 0.3) is 11.8 Å². The SMILES string of the molecule is O=C(CCCCNC(=O)C(F)(F)F)ON1C(=O)CCC1=O. The molecule has 0 saturated carbocycles. The van der Waals surface area contributed by atoms with Crippen molar-refractivity contribution >= 4 is 23.7 Å². The molecule has 1 fully saturated rings. The molecule has 0 radical (unpaired) electrons. The molecule has 1 heterocycles. The van der Waals surface area contributed by atoms with E-state index in [1.54, 1.807) is 5.32 Å². The van der Waals surface area contributed by atoms with Gasteiger partial charge in [-0.25, -0.2) is 4.79 Å². The Bertz CT molecular complexity index is 434. The normalized spacial score (nSPS) is 15.3. The predicted octanol–water partition coefficient (Wildman–Crippen LogP) is 0.442. The van der Waals surface area contributed by atoms with Gasteiger partial charge < -0.3 is 10.2 Å². The van der Waals surface area contributed by atoms with E-state index < -0.39 is 29.9 Å². The molecule has 1 aliphatic heterocycles. The maximum Gasteiger partial charge on any atom is 0.471 e. The van der Waals surface area contributed by atoms with Crippen molar-refractivity contribution in [1.29, 1.82) is 0 Å². The number of unbranched alkanes of at least 4 members (excludes halogenated alkanes) is 1. The van der Waals surface area contributed by atoms with E-state index in [0.717, 1.165) is 0 Å². The first-order valence-corrected chi connectivity index (χ1v) is 6.13. The van der Waals surface area contributed by atoms with Gasteiger partial charge in [0.1, 0.15) is 0 Å². The van der Waals surface area contributed by atoms with E-state index in [1.807, 2.05) is 0 Å². The Morgan fingerprint density at radius 2 is 1.71 bits per heavy atom. The van der Waals surface area contributed by atoms with Gasteiger partial charge >= 0.3 is 18.1 Å². The fourth-order valence-electron chi connectivity index (χ4n) is 1.50. The Morgan fingerprint density at radius 1 is 1.14 bits per heavy atom.